The average Bonchev–Trinajstić information content (AvgIpc) is 3.28. The monoisotopic (exact) mass is 455 g/mol. The van der Waals surface area contributed by atoms with Gasteiger partial charge < -0.3 is 4.90 Å². The number of anilines is 1. The van der Waals surface area contributed by atoms with Gasteiger partial charge in [-0.15, -0.1) is 0 Å². The molecule has 2 aromatic carbocycles. The maximum atomic E-state index is 13.9. The summed E-state index contributed by atoms with van der Waals surface area (Å²) in [6, 6.07) is 19.0. The second-order valence-electron chi connectivity index (χ2n) is 8.85. The molecule has 0 bridgehead atoms. The summed E-state index contributed by atoms with van der Waals surface area (Å²) in [6.07, 6.45) is 3.21. The molecule has 3 heterocycles. The van der Waals surface area contributed by atoms with Crippen LogP contribution in [0.3, 0.4) is 0 Å². The van der Waals surface area contributed by atoms with Crippen LogP contribution in [-0.2, 0) is 11.8 Å². The van der Waals surface area contributed by atoms with E-state index in [-0.39, 0.29) is 11.5 Å². The van der Waals surface area contributed by atoms with Gasteiger partial charge in [-0.3, -0.25) is 14.3 Å². The summed E-state index contributed by atoms with van der Waals surface area (Å²) < 4.78 is 3.55. The number of benzene rings is 2. The van der Waals surface area contributed by atoms with Crippen LogP contribution < -0.4 is 10.6 Å². The topological polar surface area (TPSA) is 62.8 Å². The van der Waals surface area contributed by atoms with Crippen molar-refractivity contribution in [2.75, 3.05) is 18.1 Å². The summed E-state index contributed by atoms with van der Waals surface area (Å²) in [5.41, 5.74) is 4.62. The molecule has 0 atom stereocenters. The molecule has 1 fully saturated rings. The third kappa shape index (κ3) is 3.57. The van der Waals surface area contributed by atoms with E-state index in [1.807, 2.05) is 86.2 Å². The van der Waals surface area contributed by atoms with Gasteiger partial charge in [-0.1, -0.05) is 36.4 Å². The van der Waals surface area contributed by atoms with Crippen molar-refractivity contribution in [3.8, 4) is 5.69 Å². The Morgan fingerprint density at radius 2 is 1.41 bits per heavy atom. The molecule has 0 N–H and O–H groups in total. The van der Waals surface area contributed by atoms with Crippen LogP contribution in [0.5, 0.6) is 0 Å². The molecule has 34 heavy (non-hydrogen) atoms. The van der Waals surface area contributed by atoms with Crippen LogP contribution in [-0.4, -0.2) is 39.0 Å². The van der Waals surface area contributed by atoms with Crippen molar-refractivity contribution in [1.82, 2.24) is 14.3 Å². The van der Waals surface area contributed by atoms with Crippen LogP contribution >= 0.6 is 0 Å². The van der Waals surface area contributed by atoms with Gasteiger partial charge in [0, 0.05) is 25.8 Å². The molecular weight excluding hydrogens is 426 g/mol. The highest BCUT2D eigenvalue weighted by atomic mass is 16.2. The Bertz CT molecular complexity index is 1340. The zero-order valence-corrected chi connectivity index (χ0v) is 19.9. The molecule has 2 aliphatic rings. The van der Waals surface area contributed by atoms with E-state index in [0.717, 1.165) is 43.7 Å². The second-order valence-corrected chi connectivity index (χ2v) is 8.85. The quantitative estimate of drug-likeness (QED) is 0.557. The molecule has 2 aliphatic heterocycles. The minimum atomic E-state index is -0.196. The number of hydrogen-bond acceptors (Lipinski definition) is 4. The predicted octanol–water partition coefficient (Wildman–Crippen LogP) is 4.10. The number of piperidine rings is 1. The van der Waals surface area contributed by atoms with Crippen LogP contribution in [0, 0.1) is 6.92 Å². The van der Waals surface area contributed by atoms with Crippen molar-refractivity contribution >= 4 is 23.0 Å². The highest BCUT2D eigenvalue weighted by molar-refractivity contribution is 6.33. The van der Waals surface area contributed by atoms with E-state index in [2.05, 4.69) is 10.0 Å². The maximum absolute atomic E-state index is 13.9. The molecule has 7 heteroatoms. The number of carbonyl (C=O) groups is 1. The van der Waals surface area contributed by atoms with Gasteiger partial charge in [0.05, 0.1) is 33.9 Å². The van der Waals surface area contributed by atoms with Crippen molar-refractivity contribution in [2.45, 2.75) is 33.1 Å². The number of hydrazone groups is 1. The molecule has 0 unspecified atom stereocenters. The average molecular weight is 456 g/mol. The molecule has 174 valence electrons. The van der Waals surface area contributed by atoms with E-state index in [1.165, 1.54) is 5.01 Å². The Morgan fingerprint density at radius 1 is 0.824 bits per heavy atom. The number of carbonyl (C=O) groups excluding carboxylic acids is 1. The summed E-state index contributed by atoms with van der Waals surface area (Å²) in [5, 5.41) is 6.06. The van der Waals surface area contributed by atoms with Crippen molar-refractivity contribution in [2.24, 2.45) is 12.1 Å². The van der Waals surface area contributed by atoms with E-state index < -0.39 is 0 Å². The molecule has 0 saturated carbocycles. The van der Waals surface area contributed by atoms with Crippen LogP contribution in [0.4, 0.5) is 5.69 Å². The summed E-state index contributed by atoms with van der Waals surface area (Å²) in [7, 11) is 1.89. The summed E-state index contributed by atoms with van der Waals surface area (Å²) in [6.45, 7) is 5.42. The van der Waals surface area contributed by atoms with E-state index in [0.29, 0.717) is 28.2 Å². The number of rotatable bonds is 4. The van der Waals surface area contributed by atoms with Gasteiger partial charge in [-0.05, 0) is 57.4 Å². The number of likely N-dealkylation sites (tertiary alicyclic amines) is 1. The number of nitrogens with zero attached hydrogens (tertiary/aromatic N) is 5. The first-order chi connectivity index (χ1) is 16.5. The SMILES string of the molecule is CC1=NN(c2ccccc2)C(=O)/C1=C(\c1c(C)n(C)n(-c2ccccc2)c1=O)N1CCCCC1. The highest BCUT2D eigenvalue weighted by Gasteiger charge is 2.36. The van der Waals surface area contributed by atoms with Crippen LogP contribution in [0.15, 0.2) is 76.1 Å². The molecule has 0 spiro atoms. The Kier molecular flexibility index (Phi) is 5.69. The zero-order valence-electron chi connectivity index (χ0n) is 19.9. The maximum Gasteiger partial charge on any atom is 0.282 e. The highest BCUT2D eigenvalue weighted by Crippen LogP contribution is 2.33. The van der Waals surface area contributed by atoms with Gasteiger partial charge in [-0.2, -0.15) is 10.1 Å². The molecule has 0 radical (unpaired) electrons. The summed E-state index contributed by atoms with van der Waals surface area (Å²) in [4.78, 5) is 29.9. The standard InChI is InChI=1S/C27H29N5O2/c1-19-23(26(33)31(28-19)21-13-7-4-8-14-21)25(30-17-11-6-12-18-30)24-20(2)29(3)32(27(24)34)22-15-9-5-10-16-22/h4-5,7-10,13-16H,6,11-12,17-18H2,1-3H3/b25-23+. The summed E-state index contributed by atoms with van der Waals surface area (Å²) >= 11 is 0. The largest absolute Gasteiger partial charge is 0.370 e. The van der Waals surface area contributed by atoms with Crippen molar-refractivity contribution in [3.63, 3.8) is 0 Å². The van der Waals surface area contributed by atoms with Crippen molar-refractivity contribution in [1.29, 1.82) is 0 Å². The first kappa shape index (κ1) is 21.9. The first-order valence-corrected chi connectivity index (χ1v) is 11.8. The lowest BCUT2D eigenvalue weighted by atomic mass is 9.99. The smallest absolute Gasteiger partial charge is 0.282 e. The molecular formula is C27H29N5O2. The predicted molar refractivity (Wildman–Crippen MR) is 135 cm³/mol. The minimum absolute atomic E-state index is 0.127. The lowest BCUT2D eigenvalue weighted by Crippen LogP contribution is -2.34. The van der Waals surface area contributed by atoms with Crippen LogP contribution in [0.2, 0.25) is 0 Å². The third-order valence-electron chi connectivity index (χ3n) is 6.72. The molecule has 7 nitrogen and oxygen atoms in total. The molecule has 1 aromatic heterocycles. The van der Waals surface area contributed by atoms with E-state index in [4.69, 9.17) is 0 Å². The fourth-order valence-electron chi connectivity index (χ4n) is 4.92. The van der Waals surface area contributed by atoms with E-state index in [1.54, 1.807) is 4.68 Å². The van der Waals surface area contributed by atoms with Crippen molar-refractivity contribution in [3.05, 3.63) is 87.8 Å². The Morgan fingerprint density at radius 3 is 2.03 bits per heavy atom. The number of para-hydroxylation sites is 2. The molecule has 1 saturated heterocycles. The van der Waals surface area contributed by atoms with Crippen molar-refractivity contribution < 1.29 is 4.79 Å². The van der Waals surface area contributed by atoms with Gasteiger partial charge in [0.15, 0.2) is 0 Å². The number of amides is 1. The lowest BCUT2D eigenvalue weighted by molar-refractivity contribution is -0.114. The lowest BCUT2D eigenvalue weighted by Gasteiger charge is -2.32. The molecule has 3 aromatic rings. The van der Waals surface area contributed by atoms with E-state index in [9.17, 15) is 9.59 Å². The second kappa shape index (κ2) is 8.82. The van der Waals surface area contributed by atoms with Gasteiger partial charge in [0.1, 0.15) is 0 Å². The molecule has 5 rings (SSSR count). The van der Waals surface area contributed by atoms with Gasteiger partial charge in [0.2, 0.25) is 0 Å². The van der Waals surface area contributed by atoms with Crippen LogP contribution in [0.25, 0.3) is 11.4 Å². The van der Waals surface area contributed by atoms with Gasteiger partial charge in [-0.25, -0.2) is 4.68 Å². The number of aromatic nitrogens is 2. The van der Waals surface area contributed by atoms with E-state index >= 15 is 0 Å². The Balaban J connectivity index is 1.73. The minimum Gasteiger partial charge on any atom is -0.370 e. The molecule has 0 aliphatic carbocycles. The normalized spacial score (nSPS) is 17.9. The Labute approximate surface area is 199 Å². The summed E-state index contributed by atoms with van der Waals surface area (Å²) in [5.74, 6) is -0.196. The Hall–Kier alpha value is -3.87. The van der Waals surface area contributed by atoms with Gasteiger partial charge in [0.25, 0.3) is 11.5 Å². The molecule has 1 amide bonds. The fraction of sp³-hybridized carbons (Fsp3) is 0.296. The number of hydrogen-bond donors (Lipinski definition) is 0. The zero-order chi connectivity index (χ0) is 23.8. The van der Waals surface area contributed by atoms with Crippen LogP contribution in [0.1, 0.15) is 37.4 Å². The third-order valence-corrected chi connectivity index (χ3v) is 6.72. The van der Waals surface area contributed by atoms with Gasteiger partial charge >= 0.3 is 0 Å². The first-order valence-electron chi connectivity index (χ1n) is 11.8. The fourth-order valence-corrected chi connectivity index (χ4v) is 4.92.